The average Bonchev–Trinajstić information content (AvgIpc) is 2.88. The predicted octanol–water partition coefficient (Wildman–Crippen LogP) is 7.17. The summed E-state index contributed by atoms with van der Waals surface area (Å²) in [4.78, 5) is 12.2. The SMILES string of the molecule is COc1c(C)cc(P(c2cc(C)c(OC)c(C)c2)c2ccccc2P(O)[C@@H]2C[C@H](C)CC[C@H]2C(C)C)cc1C. The summed E-state index contributed by atoms with van der Waals surface area (Å²) in [6.07, 6.45) is 3.60. The van der Waals surface area contributed by atoms with Crippen molar-refractivity contribution in [1.29, 1.82) is 0 Å². The van der Waals surface area contributed by atoms with Crippen LogP contribution in [0.1, 0.15) is 62.3 Å². The van der Waals surface area contributed by atoms with Crippen molar-refractivity contribution in [2.24, 2.45) is 17.8 Å². The van der Waals surface area contributed by atoms with E-state index in [1.54, 1.807) is 14.2 Å². The van der Waals surface area contributed by atoms with Crippen molar-refractivity contribution in [1.82, 2.24) is 0 Å². The Hall–Kier alpha value is -1.92. The largest absolute Gasteiger partial charge is 0.496 e. The smallest absolute Gasteiger partial charge is 0.124 e. The fraction of sp³-hybridized carbons (Fsp3) is 0.471. The Balaban J connectivity index is 1.93. The van der Waals surface area contributed by atoms with E-state index in [-0.39, 0.29) is 0 Å². The van der Waals surface area contributed by atoms with Crippen LogP contribution in [0.5, 0.6) is 11.5 Å². The number of aryl methyl sites for hydroxylation is 4. The molecule has 1 aliphatic rings. The molecule has 0 aliphatic heterocycles. The van der Waals surface area contributed by atoms with Gasteiger partial charge in [-0.3, -0.25) is 0 Å². The molecule has 210 valence electrons. The molecule has 1 aliphatic carbocycles. The number of rotatable bonds is 8. The average molecular weight is 565 g/mol. The monoisotopic (exact) mass is 564 g/mol. The molecule has 4 rings (SSSR count). The predicted molar refractivity (Wildman–Crippen MR) is 171 cm³/mol. The normalized spacial score (nSPS) is 20.4. The molecule has 0 saturated heterocycles. The molecule has 0 bridgehead atoms. The van der Waals surface area contributed by atoms with Crippen LogP contribution in [0, 0.1) is 45.4 Å². The summed E-state index contributed by atoms with van der Waals surface area (Å²) in [7, 11) is 1.27. The number of benzene rings is 3. The van der Waals surface area contributed by atoms with Crippen molar-refractivity contribution < 1.29 is 14.4 Å². The lowest BCUT2D eigenvalue weighted by molar-refractivity contribution is 0.236. The standard InChI is InChI=1S/C34H46O3P2/c1-21(2)29-15-14-22(3)16-32(29)39(35)31-13-11-10-12-30(31)38(27-17-23(4)33(36-8)24(5)18-27)28-19-25(6)34(37-9)26(7)20-28/h10-13,17-22,29,32,35H,14-16H2,1-9H3/t22-,29+,32-,39?/m1/s1. The fourth-order valence-corrected chi connectivity index (χ4v) is 12.3. The molecule has 0 aromatic heterocycles. The Labute approximate surface area is 238 Å². The lowest BCUT2D eigenvalue weighted by atomic mass is 9.77. The molecule has 1 unspecified atom stereocenters. The Morgan fingerprint density at radius 3 is 1.67 bits per heavy atom. The van der Waals surface area contributed by atoms with Crippen LogP contribution < -0.4 is 30.7 Å². The van der Waals surface area contributed by atoms with Gasteiger partial charge < -0.3 is 14.4 Å². The summed E-state index contributed by atoms with van der Waals surface area (Å²) in [6, 6.07) is 17.9. The van der Waals surface area contributed by atoms with E-state index in [1.807, 2.05) is 0 Å². The number of hydrogen-bond donors (Lipinski definition) is 1. The van der Waals surface area contributed by atoms with Gasteiger partial charge in [0.15, 0.2) is 0 Å². The number of hydrogen-bond acceptors (Lipinski definition) is 3. The van der Waals surface area contributed by atoms with Crippen molar-refractivity contribution >= 4 is 37.3 Å². The molecule has 3 aromatic carbocycles. The zero-order valence-corrected chi connectivity index (χ0v) is 27.0. The summed E-state index contributed by atoms with van der Waals surface area (Å²) >= 11 is 0. The minimum Gasteiger partial charge on any atom is -0.496 e. The van der Waals surface area contributed by atoms with Gasteiger partial charge in [-0.15, -0.1) is 0 Å². The highest BCUT2D eigenvalue weighted by molar-refractivity contribution is 7.81. The van der Waals surface area contributed by atoms with Gasteiger partial charge in [0.05, 0.1) is 22.4 Å². The highest BCUT2D eigenvalue weighted by Crippen LogP contribution is 2.51. The van der Waals surface area contributed by atoms with Gasteiger partial charge in [0.2, 0.25) is 0 Å². The molecule has 5 heteroatoms. The maximum absolute atomic E-state index is 12.2. The van der Waals surface area contributed by atoms with Crippen LogP contribution in [0.4, 0.5) is 0 Å². The zero-order chi connectivity index (χ0) is 28.4. The first-order chi connectivity index (χ1) is 18.6. The van der Waals surface area contributed by atoms with E-state index in [0.29, 0.717) is 23.4 Å². The van der Waals surface area contributed by atoms with Crippen molar-refractivity contribution in [2.75, 3.05) is 14.2 Å². The molecule has 1 fully saturated rings. The van der Waals surface area contributed by atoms with Crippen LogP contribution in [-0.2, 0) is 0 Å². The quantitative estimate of drug-likeness (QED) is 0.295. The maximum atomic E-state index is 12.2. The third-order valence-corrected chi connectivity index (χ3v) is 13.2. The van der Waals surface area contributed by atoms with Gasteiger partial charge in [-0.05, 0) is 129 Å². The summed E-state index contributed by atoms with van der Waals surface area (Å²) < 4.78 is 11.5. The molecule has 0 spiro atoms. The van der Waals surface area contributed by atoms with Crippen LogP contribution in [0.25, 0.3) is 0 Å². The van der Waals surface area contributed by atoms with Gasteiger partial charge in [-0.25, -0.2) is 0 Å². The van der Waals surface area contributed by atoms with Gasteiger partial charge in [0, 0.05) is 11.0 Å². The lowest BCUT2D eigenvalue weighted by Crippen LogP contribution is -2.37. The summed E-state index contributed by atoms with van der Waals surface area (Å²) in [5.41, 5.74) is 4.91. The zero-order valence-electron chi connectivity index (χ0n) is 25.2. The first kappa shape index (κ1) is 30.0. The summed E-state index contributed by atoms with van der Waals surface area (Å²) in [5.74, 6) is 3.70. The van der Waals surface area contributed by atoms with E-state index in [4.69, 9.17) is 9.47 Å². The minimum absolute atomic E-state index is 0.334. The molecule has 0 amide bonds. The van der Waals surface area contributed by atoms with Crippen LogP contribution >= 0.6 is 16.1 Å². The second kappa shape index (κ2) is 12.7. The molecule has 3 aromatic rings. The fourth-order valence-electron chi connectivity index (χ4n) is 6.64. The van der Waals surface area contributed by atoms with Gasteiger partial charge in [0.1, 0.15) is 11.5 Å². The van der Waals surface area contributed by atoms with E-state index in [1.165, 1.54) is 28.8 Å². The van der Waals surface area contributed by atoms with Gasteiger partial charge in [-0.2, -0.15) is 0 Å². The van der Waals surface area contributed by atoms with Gasteiger partial charge in [-0.1, -0.05) is 51.5 Å². The molecule has 1 N–H and O–H groups in total. The van der Waals surface area contributed by atoms with Crippen molar-refractivity contribution in [3.8, 4) is 11.5 Å². The highest BCUT2D eigenvalue weighted by atomic mass is 31.1. The summed E-state index contributed by atoms with van der Waals surface area (Å²) in [6.45, 7) is 15.6. The maximum Gasteiger partial charge on any atom is 0.124 e. The number of ether oxygens (including phenoxy) is 2. The van der Waals surface area contributed by atoms with Gasteiger partial charge >= 0.3 is 0 Å². The molecular formula is C34H46O3P2. The summed E-state index contributed by atoms with van der Waals surface area (Å²) in [5, 5.41) is 5.01. The Morgan fingerprint density at radius 2 is 1.23 bits per heavy atom. The number of methoxy groups -OCH3 is 2. The van der Waals surface area contributed by atoms with Crippen LogP contribution in [0.15, 0.2) is 48.5 Å². The second-order valence-corrected chi connectivity index (χ2v) is 15.8. The first-order valence-corrected chi connectivity index (χ1v) is 17.0. The van der Waals surface area contributed by atoms with Crippen LogP contribution in [-0.4, -0.2) is 24.8 Å². The van der Waals surface area contributed by atoms with E-state index in [0.717, 1.165) is 45.5 Å². The first-order valence-electron chi connectivity index (χ1n) is 14.2. The lowest BCUT2D eigenvalue weighted by Gasteiger charge is -2.40. The highest BCUT2D eigenvalue weighted by Gasteiger charge is 2.38. The third kappa shape index (κ3) is 6.22. The van der Waals surface area contributed by atoms with Crippen molar-refractivity contribution in [3.63, 3.8) is 0 Å². The van der Waals surface area contributed by atoms with Crippen molar-refractivity contribution in [2.45, 2.75) is 73.4 Å². The Morgan fingerprint density at radius 1 is 0.769 bits per heavy atom. The second-order valence-electron chi connectivity index (χ2n) is 11.8. The van der Waals surface area contributed by atoms with Crippen LogP contribution in [0.2, 0.25) is 0 Å². The molecule has 1 saturated carbocycles. The van der Waals surface area contributed by atoms with E-state index in [2.05, 4.69) is 97.0 Å². The van der Waals surface area contributed by atoms with E-state index < -0.39 is 16.1 Å². The topological polar surface area (TPSA) is 38.7 Å². The van der Waals surface area contributed by atoms with E-state index in [9.17, 15) is 4.89 Å². The van der Waals surface area contributed by atoms with Gasteiger partial charge in [0.25, 0.3) is 0 Å². The molecule has 4 atom stereocenters. The molecule has 39 heavy (non-hydrogen) atoms. The van der Waals surface area contributed by atoms with E-state index >= 15 is 0 Å². The molecular weight excluding hydrogens is 518 g/mol. The van der Waals surface area contributed by atoms with Crippen LogP contribution in [0.3, 0.4) is 0 Å². The third-order valence-electron chi connectivity index (χ3n) is 8.49. The molecule has 0 heterocycles. The minimum atomic E-state index is -1.31. The van der Waals surface area contributed by atoms with Crippen molar-refractivity contribution in [3.05, 3.63) is 70.8 Å². The molecule has 3 nitrogen and oxygen atoms in total. The Kier molecular flexibility index (Phi) is 9.80. The molecule has 0 radical (unpaired) electrons. The Bertz CT molecular complexity index is 1200.